The van der Waals surface area contributed by atoms with Crippen LogP contribution in [0.25, 0.3) is 0 Å². The van der Waals surface area contributed by atoms with Gasteiger partial charge in [0.25, 0.3) is 0 Å². The predicted molar refractivity (Wildman–Crippen MR) is 118 cm³/mol. The van der Waals surface area contributed by atoms with Crippen molar-refractivity contribution in [2.75, 3.05) is 25.5 Å². The molecule has 0 saturated carbocycles. The predicted octanol–water partition coefficient (Wildman–Crippen LogP) is 4.39. The fourth-order valence-electron chi connectivity index (χ4n) is 3.85. The first-order valence-corrected chi connectivity index (χ1v) is 12.0. The second-order valence-electron chi connectivity index (χ2n) is 7.57. The molecule has 0 radical (unpaired) electrons. The van der Waals surface area contributed by atoms with E-state index in [4.69, 9.17) is 4.74 Å². The van der Waals surface area contributed by atoms with E-state index >= 15 is 0 Å². The van der Waals surface area contributed by atoms with Crippen LogP contribution in [0.4, 0.5) is 5.69 Å². The molecule has 3 rings (SSSR count). The van der Waals surface area contributed by atoms with Gasteiger partial charge in [0.15, 0.2) is 0 Å². The number of nitrogens with zero attached hydrogens (tertiary/aromatic N) is 1. The SMILES string of the molecule is CCC[C@@H](C(=O)Nc1ccc(OC)c(S(=O)(=O)N2CCCCC2)c1)c1ccccc1. The van der Waals surface area contributed by atoms with Gasteiger partial charge < -0.3 is 10.1 Å². The molecule has 1 N–H and O–H groups in total. The molecule has 1 amide bonds. The summed E-state index contributed by atoms with van der Waals surface area (Å²) in [5, 5.41) is 2.91. The number of piperidine rings is 1. The Hall–Kier alpha value is -2.38. The van der Waals surface area contributed by atoms with Crippen molar-refractivity contribution >= 4 is 21.6 Å². The molecule has 1 fully saturated rings. The molecule has 0 aromatic heterocycles. The summed E-state index contributed by atoms with van der Waals surface area (Å²) in [6.07, 6.45) is 4.33. The Bertz CT molecular complexity index is 954. The van der Waals surface area contributed by atoms with Gasteiger partial charge in [0.1, 0.15) is 10.6 Å². The summed E-state index contributed by atoms with van der Waals surface area (Å²) >= 11 is 0. The highest BCUT2D eigenvalue weighted by molar-refractivity contribution is 7.89. The van der Waals surface area contributed by atoms with Gasteiger partial charge in [-0.15, -0.1) is 0 Å². The van der Waals surface area contributed by atoms with E-state index in [2.05, 4.69) is 5.32 Å². The van der Waals surface area contributed by atoms with E-state index in [0.29, 0.717) is 25.2 Å². The maximum atomic E-state index is 13.2. The molecule has 0 unspecified atom stereocenters. The molecule has 162 valence electrons. The summed E-state index contributed by atoms with van der Waals surface area (Å²) in [6.45, 7) is 3.06. The molecular formula is C23H30N2O4S. The zero-order valence-electron chi connectivity index (χ0n) is 17.6. The highest BCUT2D eigenvalue weighted by atomic mass is 32.2. The zero-order valence-corrected chi connectivity index (χ0v) is 18.5. The van der Waals surface area contributed by atoms with Crippen LogP contribution in [0.5, 0.6) is 5.75 Å². The number of carbonyl (C=O) groups is 1. The summed E-state index contributed by atoms with van der Waals surface area (Å²) in [4.78, 5) is 13.1. The standard InChI is InChI=1S/C23H30N2O4S/c1-3-10-20(18-11-6-4-7-12-18)23(26)24-19-13-14-21(29-2)22(17-19)30(27,28)25-15-8-5-9-16-25/h4,6-7,11-14,17,20H,3,5,8-10,15-16H2,1-2H3,(H,24,26)/t20-/m1/s1. The minimum Gasteiger partial charge on any atom is -0.495 e. The minimum absolute atomic E-state index is 0.0939. The number of carbonyl (C=O) groups excluding carboxylic acids is 1. The smallest absolute Gasteiger partial charge is 0.246 e. The van der Waals surface area contributed by atoms with E-state index in [0.717, 1.165) is 31.2 Å². The molecule has 1 heterocycles. The molecule has 2 aromatic rings. The van der Waals surface area contributed by atoms with E-state index in [-0.39, 0.29) is 22.5 Å². The number of methoxy groups -OCH3 is 1. The van der Waals surface area contributed by atoms with Crippen LogP contribution < -0.4 is 10.1 Å². The normalized spacial score (nSPS) is 16.1. The van der Waals surface area contributed by atoms with E-state index < -0.39 is 10.0 Å². The second kappa shape index (κ2) is 10.1. The Morgan fingerprint density at radius 3 is 2.43 bits per heavy atom. The van der Waals surface area contributed by atoms with Crippen LogP contribution in [0.2, 0.25) is 0 Å². The Morgan fingerprint density at radius 2 is 1.80 bits per heavy atom. The van der Waals surface area contributed by atoms with E-state index in [1.807, 2.05) is 37.3 Å². The monoisotopic (exact) mass is 430 g/mol. The largest absolute Gasteiger partial charge is 0.495 e. The summed E-state index contributed by atoms with van der Waals surface area (Å²) in [7, 11) is -2.23. The highest BCUT2D eigenvalue weighted by Crippen LogP contribution is 2.32. The van der Waals surface area contributed by atoms with Gasteiger partial charge in [-0.25, -0.2) is 8.42 Å². The molecule has 1 atom stereocenters. The van der Waals surface area contributed by atoms with Crippen molar-refractivity contribution in [1.82, 2.24) is 4.31 Å². The number of anilines is 1. The third-order valence-corrected chi connectivity index (χ3v) is 7.38. The number of sulfonamides is 1. The van der Waals surface area contributed by atoms with Crippen LogP contribution in [0.1, 0.15) is 50.5 Å². The topological polar surface area (TPSA) is 75.7 Å². The van der Waals surface area contributed by atoms with Crippen LogP contribution in [0.15, 0.2) is 53.4 Å². The number of amides is 1. The van der Waals surface area contributed by atoms with Crippen molar-refractivity contribution < 1.29 is 17.9 Å². The van der Waals surface area contributed by atoms with Crippen molar-refractivity contribution in [2.24, 2.45) is 0 Å². The van der Waals surface area contributed by atoms with Crippen LogP contribution in [0.3, 0.4) is 0 Å². The van der Waals surface area contributed by atoms with Gasteiger partial charge >= 0.3 is 0 Å². The molecule has 1 saturated heterocycles. The Balaban J connectivity index is 1.88. The number of hydrogen-bond donors (Lipinski definition) is 1. The summed E-state index contributed by atoms with van der Waals surface area (Å²) < 4.78 is 33.2. The van der Waals surface area contributed by atoms with Crippen LogP contribution in [0, 0.1) is 0 Å². The van der Waals surface area contributed by atoms with Gasteiger partial charge in [-0.1, -0.05) is 50.1 Å². The summed E-state index contributed by atoms with van der Waals surface area (Å²) in [5.74, 6) is -0.151. The van der Waals surface area contributed by atoms with Crippen molar-refractivity contribution in [3.8, 4) is 5.75 Å². The Kier molecular flexibility index (Phi) is 7.50. The molecule has 7 heteroatoms. The van der Waals surface area contributed by atoms with Crippen molar-refractivity contribution in [3.05, 3.63) is 54.1 Å². The number of ether oxygens (including phenoxy) is 1. The first kappa shape index (κ1) is 22.3. The third kappa shape index (κ3) is 5.02. The van der Waals surface area contributed by atoms with Crippen molar-refractivity contribution in [1.29, 1.82) is 0 Å². The second-order valence-corrected chi connectivity index (χ2v) is 9.48. The molecule has 6 nitrogen and oxygen atoms in total. The number of hydrogen-bond acceptors (Lipinski definition) is 4. The lowest BCUT2D eigenvalue weighted by molar-refractivity contribution is -0.117. The van der Waals surface area contributed by atoms with E-state index in [9.17, 15) is 13.2 Å². The Labute approximate surface area is 179 Å². The first-order chi connectivity index (χ1) is 14.5. The molecule has 2 aromatic carbocycles. The number of nitrogens with one attached hydrogen (secondary N) is 1. The van der Waals surface area contributed by atoms with Gasteiger partial charge in [-0.05, 0) is 43.0 Å². The molecular weight excluding hydrogens is 400 g/mol. The average Bonchev–Trinajstić information content (AvgIpc) is 2.78. The summed E-state index contributed by atoms with van der Waals surface area (Å²) in [5.41, 5.74) is 1.40. The van der Waals surface area contributed by atoms with Gasteiger partial charge in [-0.2, -0.15) is 4.31 Å². The highest BCUT2D eigenvalue weighted by Gasteiger charge is 2.29. The maximum absolute atomic E-state index is 13.2. The van der Waals surface area contributed by atoms with E-state index in [1.165, 1.54) is 17.5 Å². The zero-order chi connectivity index (χ0) is 21.6. The van der Waals surface area contributed by atoms with Gasteiger partial charge in [0.05, 0.1) is 13.0 Å². The summed E-state index contributed by atoms with van der Waals surface area (Å²) in [6, 6.07) is 14.4. The Morgan fingerprint density at radius 1 is 1.10 bits per heavy atom. The van der Waals surface area contributed by atoms with Gasteiger partial charge in [0.2, 0.25) is 15.9 Å². The molecule has 1 aliphatic heterocycles. The van der Waals surface area contributed by atoms with Crippen molar-refractivity contribution in [3.63, 3.8) is 0 Å². The molecule has 0 bridgehead atoms. The molecule has 0 spiro atoms. The fourth-order valence-corrected chi connectivity index (χ4v) is 5.55. The molecule has 30 heavy (non-hydrogen) atoms. The quantitative estimate of drug-likeness (QED) is 0.674. The minimum atomic E-state index is -3.69. The molecule has 1 aliphatic rings. The van der Waals surface area contributed by atoms with Gasteiger partial charge in [0, 0.05) is 18.8 Å². The lowest BCUT2D eigenvalue weighted by atomic mass is 9.93. The lowest BCUT2D eigenvalue weighted by Crippen LogP contribution is -2.35. The first-order valence-electron chi connectivity index (χ1n) is 10.5. The van der Waals surface area contributed by atoms with Crippen molar-refractivity contribution in [2.45, 2.75) is 49.8 Å². The fraction of sp³-hybridized carbons (Fsp3) is 0.435. The van der Waals surface area contributed by atoms with E-state index in [1.54, 1.807) is 12.1 Å². The molecule has 0 aliphatic carbocycles. The average molecular weight is 431 g/mol. The maximum Gasteiger partial charge on any atom is 0.246 e. The van der Waals surface area contributed by atoms with Gasteiger partial charge in [-0.3, -0.25) is 4.79 Å². The van der Waals surface area contributed by atoms with Crippen LogP contribution in [-0.2, 0) is 14.8 Å². The lowest BCUT2D eigenvalue weighted by Gasteiger charge is -2.26. The van der Waals surface area contributed by atoms with Crippen LogP contribution in [-0.4, -0.2) is 38.8 Å². The number of benzene rings is 2. The van der Waals surface area contributed by atoms with Crippen LogP contribution >= 0.6 is 0 Å². The third-order valence-electron chi connectivity index (χ3n) is 5.46. The number of rotatable bonds is 8.